The maximum Gasteiger partial charge on any atom is 0.410 e. The molecule has 2 atom stereocenters. The van der Waals surface area contributed by atoms with Crippen LogP contribution in [-0.4, -0.2) is 36.2 Å². The molecule has 0 saturated carbocycles. The minimum Gasteiger partial charge on any atom is -0.444 e. The van der Waals surface area contributed by atoms with E-state index < -0.39 is 5.60 Å². The highest BCUT2D eigenvalue weighted by atomic mass is 32.1. The van der Waals surface area contributed by atoms with Gasteiger partial charge in [-0.2, -0.15) is 0 Å². The second-order valence-corrected chi connectivity index (χ2v) is 8.73. The number of nitrogens with one attached hydrogen (secondary N) is 1. The molecule has 1 N–H and O–H groups in total. The summed E-state index contributed by atoms with van der Waals surface area (Å²) in [6.45, 7) is 8.37. The maximum atomic E-state index is 12.1. The van der Waals surface area contributed by atoms with Crippen molar-refractivity contribution >= 4 is 17.4 Å². The zero-order valence-corrected chi connectivity index (χ0v) is 15.2. The van der Waals surface area contributed by atoms with Crippen LogP contribution in [0.25, 0.3) is 0 Å². The number of hydrogen-bond acceptors (Lipinski definition) is 4. The van der Waals surface area contributed by atoms with E-state index in [-0.39, 0.29) is 6.09 Å². The Kier molecular flexibility index (Phi) is 4.97. The number of ether oxygens (including phenoxy) is 1. The predicted molar refractivity (Wildman–Crippen MR) is 93.9 cm³/mol. The number of amides is 1. The molecule has 128 valence electrons. The van der Waals surface area contributed by atoms with Gasteiger partial charge in [0.15, 0.2) is 0 Å². The summed E-state index contributed by atoms with van der Waals surface area (Å²) in [5.74, 6) is 0.534. The summed E-state index contributed by atoms with van der Waals surface area (Å²) in [4.78, 5) is 15.5. The number of nitrogens with zero attached hydrogens (tertiary/aromatic N) is 1. The summed E-state index contributed by atoms with van der Waals surface area (Å²) in [5.41, 5.74) is 1.09. The summed E-state index contributed by atoms with van der Waals surface area (Å²) in [6.07, 6.45) is 4.64. The first-order valence-electron chi connectivity index (χ1n) is 8.70. The van der Waals surface area contributed by atoms with Gasteiger partial charge in [-0.15, -0.1) is 11.3 Å². The number of thiophene rings is 1. The van der Waals surface area contributed by atoms with Gasteiger partial charge in [-0.05, 0) is 69.4 Å². The lowest BCUT2D eigenvalue weighted by Gasteiger charge is -2.26. The van der Waals surface area contributed by atoms with E-state index in [4.69, 9.17) is 4.74 Å². The molecule has 1 aromatic rings. The lowest BCUT2D eigenvalue weighted by molar-refractivity contribution is 0.0288. The third-order valence-electron chi connectivity index (χ3n) is 4.64. The molecule has 1 fully saturated rings. The van der Waals surface area contributed by atoms with Gasteiger partial charge >= 0.3 is 6.09 Å². The second kappa shape index (κ2) is 6.81. The van der Waals surface area contributed by atoms with Crippen LogP contribution in [0.4, 0.5) is 4.79 Å². The highest BCUT2D eigenvalue weighted by molar-refractivity contribution is 7.10. The zero-order chi connectivity index (χ0) is 16.4. The van der Waals surface area contributed by atoms with Crippen molar-refractivity contribution in [3.8, 4) is 0 Å². The predicted octanol–water partition coefficient (Wildman–Crippen LogP) is 3.97. The van der Waals surface area contributed by atoms with Crippen molar-refractivity contribution in [2.24, 2.45) is 5.92 Å². The van der Waals surface area contributed by atoms with Crippen LogP contribution < -0.4 is 5.32 Å². The summed E-state index contributed by atoms with van der Waals surface area (Å²) >= 11 is 1.89. The Hall–Kier alpha value is -1.07. The molecule has 0 spiro atoms. The zero-order valence-electron chi connectivity index (χ0n) is 14.4. The van der Waals surface area contributed by atoms with Crippen LogP contribution in [0, 0.1) is 5.92 Å². The van der Waals surface area contributed by atoms with Gasteiger partial charge in [0.2, 0.25) is 0 Å². The molecule has 1 saturated heterocycles. The van der Waals surface area contributed by atoms with Crippen LogP contribution in [0.2, 0.25) is 0 Å². The van der Waals surface area contributed by atoms with Gasteiger partial charge in [0, 0.05) is 30.6 Å². The molecule has 2 aliphatic rings. The summed E-state index contributed by atoms with van der Waals surface area (Å²) in [5, 5.41) is 5.95. The Morgan fingerprint density at radius 3 is 3.04 bits per heavy atom. The first-order valence-corrected chi connectivity index (χ1v) is 9.58. The van der Waals surface area contributed by atoms with Crippen molar-refractivity contribution in [1.82, 2.24) is 10.2 Å². The summed E-state index contributed by atoms with van der Waals surface area (Å²) in [7, 11) is 0. The highest BCUT2D eigenvalue weighted by Crippen LogP contribution is 2.33. The molecular formula is C18H28N2O2S. The molecular weight excluding hydrogens is 308 g/mol. The summed E-state index contributed by atoms with van der Waals surface area (Å²) in [6, 6.07) is 2.78. The smallest absolute Gasteiger partial charge is 0.410 e. The Morgan fingerprint density at radius 2 is 2.26 bits per heavy atom. The van der Waals surface area contributed by atoms with Crippen LogP contribution >= 0.6 is 11.3 Å². The summed E-state index contributed by atoms with van der Waals surface area (Å²) < 4.78 is 5.47. The first-order chi connectivity index (χ1) is 10.9. The van der Waals surface area contributed by atoms with E-state index in [1.54, 1.807) is 4.88 Å². The fraction of sp³-hybridized carbons (Fsp3) is 0.722. The van der Waals surface area contributed by atoms with Gasteiger partial charge in [-0.3, -0.25) is 0 Å². The van der Waals surface area contributed by atoms with Gasteiger partial charge in [-0.1, -0.05) is 0 Å². The molecule has 2 unspecified atom stereocenters. The Balaban J connectivity index is 1.47. The standard InChI is InChI=1S/C18H28N2O2S/c1-18(2,3)22-17(21)20-9-7-13(12-20)11-19-15-5-4-6-16-14(15)8-10-23-16/h8,10,13,15,19H,4-7,9,11-12H2,1-3H3. The molecule has 4 nitrogen and oxygen atoms in total. The molecule has 2 heterocycles. The van der Waals surface area contributed by atoms with Crippen molar-refractivity contribution < 1.29 is 9.53 Å². The molecule has 5 heteroatoms. The molecule has 1 aromatic heterocycles. The average molecular weight is 337 g/mol. The monoisotopic (exact) mass is 336 g/mol. The van der Waals surface area contributed by atoms with E-state index >= 15 is 0 Å². The molecule has 1 aliphatic heterocycles. The van der Waals surface area contributed by atoms with Crippen LogP contribution in [-0.2, 0) is 11.2 Å². The SMILES string of the molecule is CC(C)(C)OC(=O)N1CCC(CNC2CCCc3sccc32)C1. The lowest BCUT2D eigenvalue weighted by atomic mass is 9.93. The van der Waals surface area contributed by atoms with Gasteiger partial charge in [0.1, 0.15) is 5.60 Å². The number of carbonyl (C=O) groups excluding carboxylic acids is 1. The van der Waals surface area contributed by atoms with Crippen LogP contribution in [0.3, 0.4) is 0 Å². The molecule has 1 amide bonds. The van der Waals surface area contributed by atoms with Crippen molar-refractivity contribution in [3.63, 3.8) is 0 Å². The first kappa shape index (κ1) is 16.8. The number of carbonyl (C=O) groups is 1. The Morgan fingerprint density at radius 1 is 1.43 bits per heavy atom. The molecule has 0 aromatic carbocycles. The fourth-order valence-electron chi connectivity index (χ4n) is 3.50. The van der Waals surface area contributed by atoms with Gasteiger partial charge in [-0.25, -0.2) is 4.79 Å². The number of fused-ring (bicyclic) bond motifs is 1. The van der Waals surface area contributed by atoms with Crippen LogP contribution in [0.1, 0.15) is 56.5 Å². The molecule has 1 aliphatic carbocycles. The molecule has 0 bridgehead atoms. The molecule has 0 radical (unpaired) electrons. The van der Waals surface area contributed by atoms with Gasteiger partial charge in [0.25, 0.3) is 0 Å². The number of likely N-dealkylation sites (tertiary alicyclic amines) is 1. The van der Waals surface area contributed by atoms with Crippen LogP contribution in [0.15, 0.2) is 11.4 Å². The van der Waals surface area contributed by atoms with Crippen molar-refractivity contribution in [1.29, 1.82) is 0 Å². The Bertz CT molecular complexity index is 549. The number of hydrogen-bond donors (Lipinski definition) is 1. The Labute approximate surface area is 143 Å². The van der Waals surface area contributed by atoms with Crippen molar-refractivity contribution in [3.05, 3.63) is 21.9 Å². The van der Waals surface area contributed by atoms with E-state index in [0.717, 1.165) is 26.1 Å². The fourth-order valence-corrected chi connectivity index (χ4v) is 4.49. The number of rotatable bonds is 3. The van der Waals surface area contributed by atoms with E-state index in [2.05, 4.69) is 16.8 Å². The minimum atomic E-state index is -0.412. The van der Waals surface area contributed by atoms with Crippen molar-refractivity contribution in [2.75, 3.05) is 19.6 Å². The van der Waals surface area contributed by atoms with E-state index in [0.29, 0.717) is 12.0 Å². The largest absolute Gasteiger partial charge is 0.444 e. The van der Waals surface area contributed by atoms with E-state index in [1.165, 1.54) is 24.8 Å². The van der Waals surface area contributed by atoms with Gasteiger partial charge in [0.05, 0.1) is 0 Å². The maximum absolute atomic E-state index is 12.1. The third kappa shape index (κ3) is 4.27. The quantitative estimate of drug-likeness (QED) is 0.908. The van der Waals surface area contributed by atoms with Crippen LogP contribution in [0.5, 0.6) is 0 Å². The minimum absolute atomic E-state index is 0.169. The van der Waals surface area contributed by atoms with Gasteiger partial charge < -0.3 is 15.0 Å². The normalized spacial score (nSPS) is 24.6. The highest BCUT2D eigenvalue weighted by Gasteiger charge is 2.30. The third-order valence-corrected chi connectivity index (χ3v) is 5.64. The average Bonchev–Trinajstić information content (AvgIpc) is 3.12. The molecule has 3 rings (SSSR count). The lowest BCUT2D eigenvalue weighted by Crippen LogP contribution is -2.36. The second-order valence-electron chi connectivity index (χ2n) is 7.73. The van der Waals surface area contributed by atoms with Crippen molar-refractivity contribution in [2.45, 2.75) is 58.1 Å². The topological polar surface area (TPSA) is 41.6 Å². The number of aryl methyl sites for hydroxylation is 1. The molecule has 23 heavy (non-hydrogen) atoms. The van der Waals surface area contributed by atoms with E-state index in [1.807, 2.05) is 37.0 Å². The van der Waals surface area contributed by atoms with E-state index in [9.17, 15) is 4.79 Å².